The van der Waals surface area contributed by atoms with E-state index in [0.29, 0.717) is 12.8 Å². The number of carbonyl (C=O) groups excluding carboxylic acids is 2. The van der Waals surface area contributed by atoms with Crippen LogP contribution < -0.4 is 0 Å². The van der Waals surface area contributed by atoms with E-state index >= 15 is 0 Å². The molecule has 1 heterocycles. The first-order valence-electron chi connectivity index (χ1n) is 6.52. The Kier molecular flexibility index (Phi) is 3.47. The summed E-state index contributed by atoms with van der Waals surface area (Å²) >= 11 is 0. The van der Waals surface area contributed by atoms with Crippen molar-refractivity contribution in [2.45, 2.75) is 57.4 Å². The highest BCUT2D eigenvalue weighted by molar-refractivity contribution is 5.83. The van der Waals surface area contributed by atoms with E-state index in [-0.39, 0.29) is 12.0 Å². The number of rotatable bonds is 1. The molecule has 1 aliphatic carbocycles. The first-order valence-corrected chi connectivity index (χ1v) is 6.52. The van der Waals surface area contributed by atoms with Gasteiger partial charge in [-0.2, -0.15) is 0 Å². The van der Waals surface area contributed by atoms with Gasteiger partial charge in [-0.05, 0) is 39.5 Å². The number of piperidine rings is 1. The Morgan fingerprint density at radius 3 is 2.42 bits per heavy atom. The van der Waals surface area contributed by atoms with Crippen molar-refractivity contribution in [1.29, 1.82) is 0 Å². The number of fused-ring (bicyclic) bond motifs is 2. The molecule has 0 aromatic heterocycles. The Balaban J connectivity index is 2.20. The van der Waals surface area contributed by atoms with Gasteiger partial charge in [0.05, 0.1) is 19.3 Å². The molecular weight excluding hydrogens is 250 g/mol. The van der Waals surface area contributed by atoms with Crippen molar-refractivity contribution < 1.29 is 24.2 Å². The number of hydrogen-bond acceptors (Lipinski definition) is 5. The van der Waals surface area contributed by atoms with Gasteiger partial charge in [0.25, 0.3) is 0 Å². The lowest BCUT2D eigenvalue weighted by molar-refractivity contribution is -0.149. The predicted octanol–water partition coefficient (Wildman–Crippen LogP) is 0.918. The first kappa shape index (κ1) is 14.1. The topological polar surface area (TPSA) is 76.1 Å². The van der Waals surface area contributed by atoms with E-state index in [4.69, 9.17) is 9.47 Å². The Bertz CT molecular complexity index is 389. The SMILES string of the molecule is COC(=O)[C@H]1[C@H]2CC([C@H](O)C2)N1C(=O)OC(C)(C)C. The Hall–Kier alpha value is -1.30. The van der Waals surface area contributed by atoms with E-state index in [1.165, 1.54) is 12.0 Å². The van der Waals surface area contributed by atoms with Crippen LogP contribution in [0.5, 0.6) is 0 Å². The molecule has 6 nitrogen and oxygen atoms in total. The van der Waals surface area contributed by atoms with Crippen molar-refractivity contribution >= 4 is 12.1 Å². The van der Waals surface area contributed by atoms with Gasteiger partial charge >= 0.3 is 12.1 Å². The molecule has 0 radical (unpaired) electrons. The Morgan fingerprint density at radius 2 is 1.89 bits per heavy atom. The van der Waals surface area contributed by atoms with Crippen LogP contribution in [0.2, 0.25) is 0 Å². The van der Waals surface area contributed by atoms with Gasteiger partial charge in [-0.3, -0.25) is 4.90 Å². The largest absolute Gasteiger partial charge is 0.467 e. The number of amides is 1. The number of esters is 1. The summed E-state index contributed by atoms with van der Waals surface area (Å²) in [6.45, 7) is 5.30. The van der Waals surface area contributed by atoms with Gasteiger partial charge in [-0.25, -0.2) is 9.59 Å². The molecular formula is C13H21NO5. The lowest BCUT2D eigenvalue weighted by Gasteiger charge is -2.36. The Labute approximate surface area is 112 Å². The number of aliphatic hydroxyl groups excluding tert-OH is 1. The molecule has 1 N–H and O–H groups in total. The quantitative estimate of drug-likeness (QED) is 0.718. The van der Waals surface area contributed by atoms with Crippen LogP contribution in [0.25, 0.3) is 0 Å². The molecule has 0 aromatic carbocycles. The normalized spacial score (nSPS) is 33.4. The summed E-state index contributed by atoms with van der Waals surface area (Å²) in [7, 11) is 1.30. The number of hydrogen-bond donors (Lipinski definition) is 1. The fraction of sp³-hybridized carbons (Fsp3) is 0.846. The van der Waals surface area contributed by atoms with Crippen molar-refractivity contribution in [2.24, 2.45) is 5.92 Å². The first-order chi connectivity index (χ1) is 8.74. The number of ether oxygens (including phenoxy) is 2. The van der Waals surface area contributed by atoms with Gasteiger partial charge in [-0.15, -0.1) is 0 Å². The molecule has 0 aromatic rings. The molecule has 2 fully saturated rings. The number of aliphatic hydroxyl groups is 1. The number of likely N-dealkylation sites (tertiary alicyclic amines) is 1. The van der Waals surface area contributed by atoms with Crippen molar-refractivity contribution in [1.82, 2.24) is 4.90 Å². The summed E-state index contributed by atoms with van der Waals surface area (Å²) in [5.41, 5.74) is -0.634. The zero-order chi connectivity index (χ0) is 14.4. The van der Waals surface area contributed by atoms with Crippen molar-refractivity contribution in [3.05, 3.63) is 0 Å². The van der Waals surface area contributed by atoms with Gasteiger partial charge < -0.3 is 14.6 Å². The van der Waals surface area contributed by atoms with Crippen LogP contribution in [0, 0.1) is 5.92 Å². The monoisotopic (exact) mass is 271 g/mol. The predicted molar refractivity (Wildman–Crippen MR) is 66.4 cm³/mol. The highest BCUT2D eigenvalue weighted by Gasteiger charge is 2.56. The van der Waals surface area contributed by atoms with Gasteiger partial charge in [0.2, 0.25) is 0 Å². The minimum absolute atomic E-state index is 0.0417. The smallest absolute Gasteiger partial charge is 0.411 e. The van der Waals surface area contributed by atoms with Gasteiger partial charge in [0.15, 0.2) is 0 Å². The summed E-state index contributed by atoms with van der Waals surface area (Å²) in [6.07, 6.45) is 0.0109. The molecule has 6 heteroatoms. The molecule has 0 spiro atoms. The number of carbonyl (C=O) groups is 2. The van der Waals surface area contributed by atoms with E-state index in [1.54, 1.807) is 20.8 Å². The summed E-state index contributed by atoms with van der Waals surface area (Å²) in [6, 6.07) is -0.975. The standard InChI is InChI=1S/C13H21NO5/c1-13(2,3)19-12(17)14-8-5-7(6-9(8)15)10(14)11(16)18-4/h7-10,15H,5-6H2,1-4H3/t7-,8?,9+,10+/m0/s1. The van der Waals surface area contributed by atoms with E-state index in [2.05, 4.69) is 0 Å². The van der Waals surface area contributed by atoms with Gasteiger partial charge in [-0.1, -0.05) is 0 Å². The van der Waals surface area contributed by atoms with Crippen molar-refractivity contribution in [2.75, 3.05) is 7.11 Å². The highest BCUT2D eigenvalue weighted by Crippen LogP contribution is 2.43. The third-order valence-corrected chi connectivity index (χ3v) is 3.68. The van der Waals surface area contributed by atoms with Crippen LogP contribution in [0.3, 0.4) is 0 Å². The van der Waals surface area contributed by atoms with Gasteiger partial charge in [0, 0.05) is 0 Å². The molecule has 2 aliphatic rings. The number of methoxy groups -OCH3 is 1. The highest BCUT2D eigenvalue weighted by atomic mass is 16.6. The average Bonchev–Trinajstić information content (AvgIpc) is 2.81. The Morgan fingerprint density at radius 1 is 1.26 bits per heavy atom. The van der Waals surface area contributed by atoms with Crippen LogP contribution in [0.4, 0.5) is 4.79 Å². The molecule has 4 atom stereocenters. The van der Waals surface area contributed by atoms with Crippen LogP contribution in [0.1, 0.15) is 33.6 Å². The van der Waals surface area contributed by atoms with Crippen molar-refractivity contribution in [3.8, 4) is 0 Å². The van der Waals surface area contributed by atoms with Crippen LogP contribution in [-0.4, -0.2) is 53.0 Å². The minimum atomic E-state index is -0.634. The van der Waals surface area contributed by atoms with E-state index in [1.807, 2.05) is 0 Å². The maximum Gasteiger partial charge on any atom is 0.411 e. The summed E-state index contributed by atoms with van der Waals surface area (Å²) in [5.74, 6) is -0.481. The van der Waals surface area contributed by atoms with E-state index < -0.39 is 29.8 Å². The van der Waals surface area contributed by atoms with Crippen LogP contribution >= 0.6 is 0 Å². The van der Waals surface area contributed by atoms with Crippen molar-refractivity contribution in [3.63, 3.8) is 0 Å². The molecule has 108 valence electrons. The molecule has 1 amide bonds. The maximum atomic E-state index is 12.2. The second-order valence-electron chi connectivity index (χ2n) is 6.22. The molecule has 1 aliphatic heterocycles. The van der Waals surface area contributed by atoms with Crippen LogP contribution in [0.15, 0.2) is 0 Å². The third-order valence-electron chi connectivity index (χ3n) is 3.68. The summed E-state index contributed by atoms with van der Waals surface area (Å²) in [5, 5.41) is 9.91. The molecule has 2 rings (SSSR count). The number of nitrogens with zero attached hydrogens (tertiary/aromatic N) is 1. The molecule has 1 saturated heterocycles. The fourth-order valence-corrected chi connectivity index (χ4v) is 3.01. The lowest BCUT2D eigenvalue weighted by Crippen LogP contribution is -2.55. The zero-order valence-corrected chi connectivity index (χ0v) is 11.8. The van der Waals surface area contributed by atoms with E-state index in [9.17, 15) is 14.7 Å². The second-order valence-corrected chi connectivity index (χ2v) is 6.22. The molecule has 19 heavy (non-hydrogen) atoms. The average molecular weight is 271 g/mol. The van der Waals surface area contributed by atoms with Gasteiger partial charge in [0.1, 0.15) is 11.6 Å². The molecule has 2 bridgehead atoms. The molecule has 1 unspecified atom stereocenters. The van der Waals surface area contributed by atoms with E-state index in [0.717, 1.165) is 0 Å². The fourth-order valence-electron chi connectivity index (χ4n) is 3.01. The lowest BCUT2D eigenvalue weighted by atomic mass is 9.98. The second kappa shape index (κ2) is 4.67. The van der Waals surface area contributed by atoms with Crippen LogP contribution in [-0.2, 0) is 14.3 Å². The molecule has 1 saturated carbocycles. The minimum Gasteiger partial charge on any atom is -0.467 e. The summed E-state index contributed by atoms with van der Waals surface area (Å²) in [4.78, 5) is 25.4. The third kappa shape index (κ3) is 2.54. The summed E-state index contributed by atoms with van der Waals surface area (Å²) < 4.78 is 10.1. The zero-order valence-electron chi connectivity index (χ0n) is 11.8. The maximum absolute atomic E-state index is 12.2.